The molecule has 1 aliphatic rings. The molecule has 0 unspecified atom stereocenters. The second-order valence-electron chi connectivity index (χ2n) is 10.7. The molecule has 38 heavy (non-hydrogen) atoms. The lowest BCUT2D eigenvalue weighted by molar-refractivity contribution is -0.117. The van der Waals surface area contributed by atoms with Crippen LogP contribution in [0.4, 0.5) is 0 Å². The van der Waals surface area contributed by atoms with Gasteiger partial charge >= 0.3 is 0 Å². The van der Waals surface area contributed by atoms with E-state index in [0.29, 0.717) is 18.1 Å². The zero-order valence-corrected chi connectivity index (χ0v) is 22.4. The number of benzene rings is 2. The Morgan fingerprint density at radius 3 is 2.45 bits per heavy atom. The number of aryl methyl sites for hydroxylation is 1. The lowest BCUT2D eigenvalue weighted by atomic mass is 9.89. The molecular weight excluding hydrogens is 474 g/mol. The quantitative estimate of drug-likeness (QED) is 0.296. The maximum Gasteiger partial charge on any atom is 0.269 e. The average Bonchev–Trinajstić information content (AvgIpc) is 3.50. The second-order valence-corrected chi connectivity index (χ2v) is 10.7. The molecule has 0 radical (unpaired) electrons. The van der Waals surface area contributed by atoms with Crippen LogP contribution in [0, 0.1) is 6.92 Å². The zero-order chi connectivity index (χ0) is 26.6. The summed E-state index contributed by atoms with van der Waals surface area (Å²) in [5.41, 5.74) is 11.3. The number of carbonyl (C=O) groups is 2. The number of aromatic nitrogens is 3. The molecule has 0 spiro atoms. The van der Waals surface area contributed by atoms with Crippen LogP contribution in [-0.2, 0) is 11.3 Å². The first kappa shape index (κ1) is 25.9. The Bertz CT molecular complexity index is 1420. The van der Waals surface area contributed by atoms with Crippen molar-refractivity contribution < 1.29 is 9.59 Å². The standard InChI is InChI=1S/C31H37N5O2/c1-22-19-29(31(32)38)33-36(22)28-10-11-30-27(20-28)14-18-35(30)21-24-6-8-25(9-7-24)26-12-16-34(17-13-26)15-4-3-5-23(2)37/h6-11,14,18-20,26H,3-5,12-13,15-17,21H2,1-2H3,(H2,32,38). The van der Waals surface area contributed by atoms with E-state index in [0.717, 1.165) is 61.3 Å². The van der Waals surface area contributed by atoms with Crippen molar-refractivity contribution in [3.05, 3.63) is 83.3 Å². The van der Waals surface area contributed by atoms with Crippen molar-refractivity contribution in [1.82, 2.24) is 19.2 Å². The fourth-order valence-corrected chi connectivity index (χ4v) is 5.60. The fourth-order valence-electron chi connectivity index (χ4n) is 5.60. The Morgan fingerprint density at radius 1 is 1.00 bits per heavy atom. The first-order chi connectivity index (χ1) is 18.4. The summed E-state index contributed by atoms with van der Waals surface area (Å²) in [6.45, 7) is 7.81. The number of ketones is 1. The average molecular weight is 512 g/mol. The zero-order valence-electron chi connectivity index (χ0n) is 22.4. The van der Waals surface area contributed by atoms with Gasteiger partial charge in [0.15, 0.2) is 5.69 Å². The largest absolute Gasteiger partial charge is 0.364 e. The molecule has 1 aliphatic heterocycles. The highest BCUT2D eigenvalue weighted by molar-refractivity contribution is 5.91. The van der Waals surface area contributed by atoms with Gasteiger partial charge in [0.25, 0.3) is 5.91 Å². The number of amides is 1. The first-order valence-electron chi connectivity index (χ1n) is 13.6. The molecule has 3 heterocycles. The molecule has 0 atom stereocenters. The minimum atomic E-state index is -0.520. The topological polar surface area (TPSA) is 86.2 Å². The van der Waals surface area contributed by atoms with Gasteiger partial charge in [0.05, 0.1) is 5.69 Å². The molecule has 7 heteroatoms. The van der Waals surface area contributed by atoms with Crippen molar-refractivity contribution in [2.24, 2.45) is 5.73 Å². The van der Waals surface area contributed by atoms with Crippen molar-refractivity contribution >= 4 is 22.6 Å². The monoisotopic (exact) mass is 511 g/mol. The van der Waals surface area contributed by atoms with Crippen molar-refractivity contribution in [2.45, 2.75) is 58.4 Å². The van der Waals surface area contributed by atoms with E-state index in [2.05, 4.69) is 63.2 Å². The van der Waals surface area contributed by atoms with Gasteiger partial charge < -0.3 is 20.0 Å². The van der Waals surface area contributed by atoms with Crippen LogP contribution in [0.3, 0.4) is 0 Å². The molecule has 5 rings (SSSR count). The molecular formula is C31H37N5O2. The maximum atomic E-state index is 11.5. The minimum absolute atomic E-state index is 0.273. The number of hydrogen-bond acceptors (Lipinski definition) is 4. The van der Waals surface area contributed by atoms with E-state index in [1.165, 1.54) is 24.0 Å². The Morgan fingerprint density at radius 2 is 1.76 bits per heavy atom. The maximum absolute atomic E-state index is 11.5. The number of hydrogen-bond donors (Lipinski definition) is 1. The summed E-state index contributed by atoms with van der Waals surface area (Å²) in [7, 11) is 0. The smallest absolute Gasteiger partial charge is 0.269 e. The van der Waals surface area contributed by atoms with Crippen molar-refractivity contribution in [3.8, 4) is 5.69 Å². The van der Waals surface area contributed by atoms with Crippen LogP contribution in [0.15, 0.2) is 60.8 Å². The van der Waals surface area contributed by atoms with Crippen LogP contribution in [-0.4, -0.2) is 50.6 Å². The van der Waals surface area contributed by atoms with Gasteiger partial charge in [0.2, 0.25) is 0 Å². The molecule has 1 amide bonds. The minimum Gasteiger partial charge on any atom is -0.364 e. The molecule has 7 nitrogen and oxygen atoms in total. The Kier molecular flexibility index (Phi) is 7.74. The summed E-state index contributed by atoms with van der Waals surface area (Å²) in [4.78, 5) is 25.2. The number of likely N-dealkylation sites (tertiary alicyclic amines) is 1. The van der Waals surface area contributed by atoms with Gasteiger partial charge in [-0.2, -0.15) is 5.10 Å². The van der Waals surface area contributed by atoms with E-state index >= 15 is 0 Å². The third-order valence-corrected chi connectivity index (χ3v) is 7.78. The highest BCUT2D eigenvalue weighted by atomic mass is 16.1. The van der Waals surface area contributed by atoms with Gasteiger partial charge in [-0.15, -0.1) is 0 Å². The predicted octanol–water partition coefficient (Wildman–Crippen LogP) is 5.22. The van der Waals surface area contributed by atoms with E-state index in [1.54, 1.807) is 17.7 Å². The number of piperidine rings is 1. The van der Waals surface area contributed by atoms with Crippen LogP contribution < -0.4 is 5.73 Å². The van der Waals surface area contributed by atoms with Crippen LogP contribution in [0.1, 0.15) is 72.3 Å². The third kappa shape index (κ3) is 5.89. The van der Waals surface area contributed by atoms with Gasteiger partial charge in [0, 0.05) is 35.8 Å². The highest BCUT2D eigenvalue weighted by Gasteiger charge is 2.20. The number of nitrogens with zero attached hydrogens (tertiary/aromatic N) is 4. The normalized spacial score (nSPS) is 14.8. The van der Waals surface area contributed by atoms with Crippen LogP contribution in [0.5, 0.6) is 0 Å². The van der Waals surface area contributed by atoms with E-state index in [1.807, 2.05) is 13.0 Å². The number of fused-ring (bicyclic) bond motifs is 1. The van der Waals surface area contributed by atoms with E-state index < -0.39 is 5.91 Å². The van der Waals surface area contributed by atoms with E-state index in [-0.39, 0.29) is 5.69 Å². The van der Waals surface area contributed by atoms with Gasteiger partial charge in [-0.05, 0) is 107 Å². The lowest BCUT2D eigenvalue weighted by Crippen LogP contribution is -2.33. The fraction of sp³-hybridized carbons (Fsp3) is 0.387. The predicted molar refractivity (Wildman–Crippen MR) is 151 cm³/mol. The number of rotatable bonds is 10. The molecule has 198 valence electrons. The summed E-state index contributed by atoms with van der Waals surface area (Å²) in [5, 5.41) is 5.48. The number of primary amides is 1. The molecule has 0 bridgehead atoms. The molecule has 1 saturated heterocycles. The Hall–Kier alpha value is -3.71. The summed E-state index contributed by atoms with van der Waals surface area (Å²) in [6.07, 6.45) is 7.37. The Labute approximate surface area is 224 Å². The Balaban J connectivity index is 1.19. The summed E-state index contributed by atoms with van der Waals surface area (Å²) in [6, 6.07) is 19.2. The third-order valence-electron chi connectivity index (χ3n) is 7.78. The lowest BCUT2D eigenvalue weighted by Gasteiger charge is -2.32. The molecule has 2 aromatic carbocycles. The first-order valence-corrected chi connectivity index (χ1v) is 13.6. The molecule has 0 saturated carbocycles. The van der Waals surface area contributed by atoms with Gasteiger partial charge in [-0.25, -0.2) is 4.68 Å². The van der Waals surface area contributed by atoms with Gasteiger partial charge in [0.1, 0.15) is 5.78 Å². The number of nitrogens with two attached hydrogens (primary N) is 1. The molecule has 2 N–H and O–H groups in total. The van der Waals surface area contributed by atoms with Crippen molar-refractivity contribution in [1.29, 1.82) is 0 Å². The van der Waals surface area contributed by atoms with Crippen LogP contribution in [0.25, 0.3) is 16.6 Å². The molecule has 0 aliphatic carbocycles. The van der Waals surface area contributed by atoms with Crippen LogP contribution in [0.2, 0.25) is 0 Å². The second kappa shape index (κ2) is 11.4. The van der Waals surface area contributed by atoms with Gasteiger partial charge in [-0.3, -0.25) is 4.79 Å². The summed E-state index contributed by atoms with van der Waals surface area (Å²) < 4.78 is 4.03. The van der Waals surface area contributed by atoms with Gasteiger partial charge in [-0.1, -0.05) is 24.3 Å². The van der Waals surface area contributed by atoms with Crippen molar-refractivity contribution in [3.63, 3.8) is 0 Å². The molecule has 2 aromatic heterocycles. The van der Waals surface area contributed by atoms with E-state index in [9.17, 15) is 9.59 Å². The molecule has 1 fully saturated rings. The summed E-state index contributed by atoms with van der Waals surface area (Å²) >= 11 is 0. The number of carbonyl (C=O) groups excluding carboxylic acids is 2. The number of Topliss-reactive ketones (excluding diaryl/α,β-unsaturated/α-hetero) is 1. The number of unbranched alkanes of at least 4 members (excludes halogenated alkanes) is 1. The van der Waals surface area contributed by atoms with E-state index in [4.69, 9.17) is 5.73 Å². The van der Waals surface area contributed by atoms with Crippen LogP contribution >= 0.6 is 0 Å². The SMILES string of the molecule is CC(=O)CCCCN1CCC(c2ccc(Cn3ccc4cc(-n5nc(C(N)=O)cc5C)ccc43)cc2)CC1. The highest BCUT2D eigenvalue weighted by Crippen LogP contribution is 2.29. The van der Waals surface area contributed by atoms with Crippen molar-refractivity contribution in [2.75, 3.05) is 19.6 Å². The molecule has 4 aromatic rings. The summed E-state index contributed by atoms with van der Waals surface area (Å²) in [5.74, 6) is 0.408.